The Morgan fingerprint density at radius 3 is 0.861 bits per heavy atom. The fourth-order valence-electron chi connectivity index (χ4n) is 29.5. The Kier molecular flexibility index (Phi) is 6.16. The predicted octanol–water partition coefficient (Wildman–Crippen LogP) is 18.7. The largest absolute Gasteiger partial charge is 0.489 e. The van der Waals surface area contributed by atoms with E-state index in [1.807, 2.05) is 78.9 Å². The van der Waals surface area contributed by atoms with E-state index in [0.717, 1.165) is 37.9 Å². The molecule has 14 nitrogen and oxygen atoms in total. The zero-order chi connectivity index (χ0) is 68.4. The topological polar surface area (TPSA) is 185 Å². The fraction of sp³-hybridized carbons (Fsp3) is 0.128. The number of aromatic nitrogens is 3. The third kappa shape index (κ3) is 3.66. The van der Waals surface area contributed by atoms with E-state index < -0.39 is 51.2 Å². The summed E-state index contributed by atoms with van der Waals surface area (Å²) in [7, 11) is 0. The Hall–Kier alpha value is -13.5. The van der Waals surface area contributed by atoms with Crippen molar-refractivity contribution in [2.24, 2.45) is 5.41 Å². The minimum atomic E-state index is -2.11. The van der Waals surface area contributed by atoms with Crippen molar-refractivity contribution in [3.05, 3.63) is 149 Å². The maximum atomic E-state index is 17.9. The molecule has 0 radical (unpaired) electrons. The van der Waals surface area contributed by atoms with Gasteiger partial charge >= 0.3 is 35.0 Å². The van der Waals surface area contributed by atoms with Crippen LogP contribution in [-0.4, -0.2) is 45.7 Å². The van der Waals surface area contributed by atoms with Gasteiger partial charge in [-0.25, -0.2) is 19.0 Å². The van der Waals surface area contributed by atoms with Gasteiger partial charge in [0, 0.05) is 19.0 Å². The van der Waals surface area contributed by atoms with Gasteiger partial charge in [-0.15, -0.1) is 0 Å². The summed E-state index contributed by atoms with van der Waals surface area (Å²) in [6, 6.07) is 25.4. The molecular weight excluding hydrogens is 1350 g/mol. The Bertz CT molecular complexity index is 9030. The van der Waals surface area contributed by atoms with Gasteiger partial charge in [0.15, 0.2) is 5.41 Å². The van der Waals surface area contributed by atoms with Crippen LogP contribution in [-0.2, 0) is 65.8 Å². The number of esters is 3. The van der Waals surface area contributed by atoms with Crippen LogP contribution in [0.3, 0.4) is 0 Å². The van der Waals surface area contributed by atoms with Crippen molar-refractivity contribution in [3.8, 4) is 11.5 Å². The van der Waals surface area contributed by atoms with Gasteiger partial charge in [-0.3, -0.25) is 24.4 Å². The normalized spacial score (nSPS) is 19.6. The first-order valence-corrected chi connectivity index (χ1v) is 37.9. The smallest absolute Gasteiger partial charge is 0.333 e. The van der Waals surface area contributed by atoms with E-state index >= 15 is 9.59 Å². The molecule has 0 aliphatic heterocycles. The number of ether oxygens (including phenoxy) is 5. The van der Waals surface area contributed by atoms with Crippen molar-refractivity contribution in [2.45, 2.75) is 56.5 Å². The molecule has 2 N–H and O–H groups in total. The zero-order valence-corrected chi connectivity index (χ0v) is 55.8. The van der Waals surface area contributed by atoms with Crippen molar-refractivity contribution < 1.29 is 38.1 Å². The summed E-state index contributed by atoms with van der Waals surface area (Å²) in [6.07, 6.45) is 0.0202. The lowest BCUT2D eigenvalue weighted by atomic mass is 9.68. The first kappa shape index (κ1) is 49.3. The van der Waals surface area contributed by atoms with E-state index in [2.05, 4.69) is 9.97 Å². The van der Waals surface area contributed by atoms with Crippen LogP contribution >= 0.6 is 0 Å². The Labute approximate surface area is 593 Å². The number of carbonyl (C=O) groups excluding carboxylic acids is 3. The van der Waals surface area contributed by atoms with E-state index in [4.69, 9.17) is 23.7 Å². The number of nitrogens with one attached hydrogen (secondary N) is 2. The number of benzene rings is 21. The van der Waals surface area contributed by atoms with Crippen LogP contribution in [0.25, 0.3) is 291 Å². The molecule has 1 saturated carbocycles. The molecule has 37 rings (SSSR count). The van der Waals surface area contributed by atoms with Gasteiger partial charge in [0.1, 0.15) is 31.3 Å². The molecule has 5 aliphatic carbocycles. The number of aromatic amines is 2. The number of nitrogens with zero attached hydrogens (tertiary/aromatic N) is 1. The first-order chi connectivity index (χ1) is 53.2. The average Bonchev–Trinajstić information content (AvgIpc) is 1.35. The van der Waals surface area contributed by atoms with Crippen LogP contribution in [0.4, 0.5) is 0 Å². The highest BCUT2D eigenvalue weighted by Gasteiger charge is 3.01. The van der Waals surface area contributed by atoms with Gasteiger partial charge in [0.05, 0.1) is 24.0 Å². The van der Waals surface area contributed by atoms with Gasteiger partial charge in [-0.2, -0.15) is 0 Å². The molecule has 2 spiro atoms. The van der Waals surface area contributed by atoms with Crippen LogP contribution in [0.15, 0.2) is 93.2 Å². The minimum absolute atomic E-state index is 0.0120. The van der Waals surface area contributed by atoms with E-state index in [-0.39, 0.29) is 45.6 Å². The third-order valence-corrected chi connectivity index (χ3v) is 31.3. The average molecular weight is 1380 g/mol. The van der Waals surface area contributed by atoms with Gasteiger partial charge in [0.25, 0.3) is 0 Å². The molecule has 490 valence electrons. The number of rotatable bonds is 18. The zero-order valence-electron chi connectivity index (χ0n) is 55.8. The Balaban J connectivity index is 0.626. The second-order valence-electron chi connectivity index (χ2n) is 34.1. The highest BCUT2D eigenvalue weighted by atomic mass is 16.6. The molecule has 1 fully saturated rings. The molecule has 32 aromatic rings. The second-order valence-corrected chi connectivity index (χ2v) is 34.1. The van der Waals surface area contributed by atoms with Crippen molar-refractivity contribution in [3.63, 3.8) is 0 Å². The van der Waals surface area contributed by atoms with E-state index in [1.54, 1.807) is 0 Å². The molecule has 0 amide bonds. The van der Waals surface area contributed by atoms with Crippen LogP contribution in [0, 0.1) is 5.41 Å². The molecular formula is C94H33N3O11. The van der Waals surface area contributed by atoms with Crippen LogP contribution < -0.4 is 26.5 Å². The highest BCUT2D eigenvalue weighted by Crippen LogP contribution is 2.97. The highest BCUT2D eigenvalue weighted by molar-refractivity contribution is 6.82. The molecule has 0 unspecified atom stereocenters. The molecule has 0 atom stereocenters. The molecule has 1 heterocycles. The predicted molar refractivity (Wildman–Crippen MR) is 422 cm³/mol. The van der Waals surface area contributed by atoms with E-state index in [1.165, 1.54) is 291 Å². The Morgan fingerprint density at radius 2 is 0.574 bits per heavy atom. The molecule has 5 aliphatic rings. The van der Waals surface area contributed by atoms with E-state index in [0.29, 0.717) is 30.3 Å². The number of carbonyl (C=O) groups is 3. The Morgan fingerprint density at radius 1 is 0.306 bits per heavy atom. The first-order valence-electron chi connectivity index (χ1n) is 37.9. The standard InChI is InChI=1S/C94H33N3O11/c98-28(108-22-25-17-26(106-20-23-9-3-1-4-10-23)19-27(18-25)107-21-24-11-5-2-6-12-24)13-7-15-104-87(99)94(88(100)105-16-8-14-97-90(102)95-89(101)96-91(97)103)92-83-75-67-57-47-39-31-29-30-33-37-35(31)43-51-45(37)55-49-41(33)42-34(30)38-36-32(29)40(39)48-54-44(36)52-46(38)56-50(42)60-59(49)69-63(55)73-65(51)71(61(67)53(43)47)79(83)81(73)85-77(69)78-70(60)64(56)74-66(52)72-62(54)68(58(48)57)76(75)84(92)80(72)82(74)86(78)93(85,92)94/h1-6,9-12,17-19H,7-8,13-16,20-22H2,(H2,95,96,101,102,103). The monoisotopic (exact) mass is 1380 g/mol. The summed E-state index contributed by atoms with van der Waals surface area (Å²) < 4.78 is 33.8. The van der Waals surface area contributed by atoms with Gasteiger partial charge in [0.2, 0.25) is 0 Å². The summed E-state index contributed by atoms with van der Waals surface area (Å²) in [5.41, 5.74) is -0.616. The third-order valence-electron chi connectivity index (χ3n) is 31.3. The second kappa shape index (κ2) is 13.5. The molecule has 0 bridgehead atoms. The maximum absolute atomic E-state index is 17.9. The van der Waals surface area contributed by atoms with Gasteiger partial charge in [-0.1, -0.05) is 60.7 Å². The fourth-order valence-corrected chi connectivity index (χ4v) is 29.5. The molecule has 1 aromatic heterocycles. The molecule has 0 saturated heterocycles. The summed E-state index contributed by atoms with van der Waals surface area (Å²) in [6.45, 7) is -0.0653. The lowest BCUT2D eigenvalue weighted by Crippen LogP contribution is -2.43. The number of H-pyrrole nitrogens is 2. The number of hydrogen-bond donors (Lipinski definition) is 2. The molecule has 14 heteroatoms. The lowest BCUT2D eigenvalue weighted by Gasteiger charge is -2.32. The van der Waals surface area contributed by atoms with Crippen molar-refractivity contribution in [2.75, 3.05) is 13.2 Å². The van der Waals surface area contributed by atoms with Crippen LogP contribution in [0.2, 0.25) is 0 Å². The summed E-state index contributed by atoms with van der Waals surface area (Å²) in [5.74, 6) is -0.746. The summed E-state index contributed by atoms with van der Waals surface area (Å²) >= 11 is 0. The van der Waals surface area contributed by atoms with Crippen LogP contribution in [0.1, 0.15) is 58.2 Å². The van der Waals surface area contributed by atoms with Crippen molar-refractivity contribution in [1.82, 2.24) is 14.5 Å². The van der Waals surface area contributed by atoms with Gasteiger partial charge < -0.3 is 23.7 Å². The van der Waals surface area contributed by atoms with Crippen molar-refractivity contribution in [1.29, 1.82) is 0 Å². The lowest BCUT2D eigenvalue weighted by molar-refractivity contribution is -0.167. The van der Waals surface area contributed by atoms with E-state index in [9.17, 15) is 19.2 Å². The maximum Gasteiger partial charge on any atom is 0.333 e. The van der Waals surface area contributed by atoms with Crippen LogP contribution in [0.5, 0.6) is 11.5 Å². The summed E-state index contributed by atoms with van der Waals surface area (Å²) in [5, 5.41) is 73.3. The SMILES string of the molecule is O=C(CCCOC(=O)C1(C(=O)OCCCn2c(=O)[nH]c(=O)[nH]c2=O)C23c4c5c6c7c8c9c(c%10c%11c2c2c4c4c%12c5c5c6c6c8c8c%13c9c9c%10c%10c%11c%11c2c2c4c4c%12c%12c5c5c6c8c6c8c%13c9c9c%10c%10c%11c2c2c4c4c%12c5c6c5c8c9c%10c2c45)C713)OCc1cc(OCc2ccccc2)cc(OCc2ccccc2)c1. The molecule has 108 heavy (non-hydrogen) atoms. The quantitative estimate of drug-likeness (QED) is 0.0274. The summed E-state index contributed by atoms with van der Waals surface area (Å²) in [4.78, 5) is 93.6. The van der Waals surface area contributed by atoms with Gasteiger partial charge in [-0.05, 0) is 355 Å². The number of hydrogen-bond acceptors (Lipinski definition) is 11. The van der Waals surface area contributed by atoms with Crippen molar-refractivity contribution >= 4 is 309 Å². The molecule has 31 aromatic carbocycles. The minimum Gasteiger partial charge on any atom is -0.489 e.